The maximum atomic E-state index is 10.3. The van der Waals surface area contributed by atoms with Gasteiger partial charge in [-0.1, -0.05) is 47.5 Å². The molecule has 3 atom stereocenters. The number of aryl methyl sites for hydroxylation is 1. The Bertz CT molecular complexity index is 815. The van der Waals surface area contributed by atoms with Crippen LogP contribution in [-0.2, 0) is 0 Å². The predicted molar refractivity (Wildman–Crippen MR) is 95.7 cm³/mol. The molecule has 4 heteroatoms. The van der Waals surface area contributed by atoms with Gasteiger partial charge in [0.1, 0.15) is 5.75 Å². The van der Waals surface area contributed by atoms with Crippen LogP contribution in [0.3, 0.4) is 0 Å². The van der Waals surface area contributed by atoms with Crippen LogP contribution in [0.25, 0.3) is 0 Å². The van der Waals surface area contributed by atoms with Crippen molar-refractivity contribution < 1.29 is 5.11 Å². The monoisotopic (exact) mass is 345 g/mol. The Morgan fingerprint density at radius 1 is 1.17 bits per heavy atom. The average molecular weight is 346 g/mol. The summed E-state index contributed by atoms with van der Waals surface area (Å²) in [5.41, 5.74) is 4.26. The Kier molecular flexibility index (Phi) is 3.55. The Morgan fingerprint density at radius 3 is 2.78 bits per heavy atom. The molecule has 0 fully saturated rings. The summed E-state index contributed by atoms with van der Waals surface area (Å²) < 4.78 is 0. The standard InChI is InChI=1S/C19H17Cl2NO/c1-10-5-8-16(23)19-17(10)12-3-2-4-13(12)18(22-19)14-7-6-11(20)9-15(14)21/h2-3,5-9,12-13,18,22-23H,4H2,1H3. The molecule has 0 amide bonds. The summed E-state index contributed by atoms with van der Waals surface area (Å²) in [6.07, 6.45) is 5.48. The Hall–Kier alpha value is -1.64. The van der Waals surface area contributed by atoms with Gasteiger partial charge in [0.25, 0.3) is 0 Å². The van der Waals surface area contributed by atoms with Crippen molar-refractivity contribution in [2.75, 3.05) is 5.32 Å². The van der Waals surface area contributed by atoms with Crippen molar-refractivity contribution >= 4 is 28.9 Å². The molecule has 2 aromatic rings. The van der Waals surface area contributed by atoms with Crippen LogP contribution in [-0.4, -0.2) is 5.11 Å². The van der Waals surface area contributed by atoms with E-state index < -0.39 is 0 Å². The number of nitrogens with one attached hydrogen (secondary N) is 1. The molecule has 118 valence electrons. The van der Waals surface area contributed by atoms with Crippen LogP contribution in [0.5, 0.6) is 5.75 Å². The number of hydrogen-bond donors (Lipinski definition) is 2. The summed E-state index contributed by atoms with van der Waals surface area (Å²) in [5, 5.41) is 15.2. The van der Waals surface area contributed by atoms with Crippen LogP contribution in [0.15, 0.2) is 42.5 Å². The molecule has 0 spiro atoms. The number of phenols is 1. The van der Waals surface area contributed by atoms with Gasteiger partial charge in [0, 0.05) is 16.0 Å². The number of aromatic hydroxyl groups is 1. The van der Waals surface area contributed by atoms with E-state index in [0.717, 1.165) is 17.7 Å². The van der Waals surface area contributed by atoms with Crippen LogP contribution in [0, 0.1) is 12.8 Å². The van der Waals surface area contributed by atoms with Gasteiger partial charge in [0.2, 0.25) is 0 Å². The van der Waals surface area contributed by atoms with E-state index in [1.807, 2.05) is 18.2 Å². The second-order valence-corrected chi connectivity index (χ2v) is 7.18. The highest BCUT2D eigenvalue weighted by Gasteiger charge is 2.40. The van der Waals surface area contributed by atoms with Crippen molar-refractivity contribution in [3.63, 3.8) is 0 Å². The van der Waals surface area contributed by atoms with E-state index in [1.54, 1.807) is 12.1 Å². The molecular weight excluding hydrogens is 329 g/mol. The van der Waals surface area contributed by atoms with Crippen molar-refractivity contribution in [2.45, 2.75) is 25.3 Å². The van der Waals surface area contributed by atoms with Gasteiger partial charge in [-0.25, -0.2) is 0 Å². The number of allylic oxidation sites excluding steroid dienone is 2. The Labute approximate surface area is 145 Å². The van der Waals surface area contributed by atoms with E-state index in [1.165, 1.54) is 11.1 Å². The molecule has 1 aliphatic carbocycles. The molecular formula is C19H17Cl2NO. The molecule has 2 aromatic carbocycles. The summed E-state index contributed by atoms with van der Waals surface area (Å²) in [5.74, 6) is 0.983. The molecule has 2 aliphatic rings. The van der Waals surface area contributed by atoms with Gasteiger partial charge in [-0.2, -0.15) is 0 Å². The van der Waals surface area contributed by atoms with Crippen LogP contribution in [0.1, 0.15) is 35.1 Å². The molecule has 0 radical (unpaired) electrons. The predicted octanol–water partition coefficient (Wildman–Crippen LogP) is 5.83. The van der Waals surface area contributed by atoms with Crippen molar-refractivity contribution in [1.82, 2.24) is 0 Å². The van der Waals surface area contributed by atoms with Crippen molar-refractivity contribution in [3.05, 3.63) is 69.2 Å². The van der Waals surface area contributed by atoms with Crippen molar-refractivity contribution in [2.24, 2.45) is 5.92 Å². The SMILES string of the molecule is Cc1ccc(O)c2c1C1C=CCC1C(c1ccc(Cl)cc1Cl)N2. The molecule has 3 unspecified atom stereocenters. The van der Waals surface area contributed by atoms with Crippen molar-refractivity contribution in [3.8, 4) is 5.75 Å². The molecule has 1 aliphatic heterocycles. The fourth-order valence-electron chi connectivity index (χ4n) is 3.94. The number of fused-ring (bicyclic) bond motifs is 3. The average Bonchev–Trinajstić information content (AvgIpc) is 3.00. The lowest BCUT2D eigenvalue weighted by Crippen LogP contribution is -2.29. The number of hydrogen-bond acceptors (Lipinski definition) is 2. The highest BCUT2D eigenvalue weighted by Crippen LogP contribution is 2.53. The molecule has 4 rings (SSSR count). The quantitative estimate of drug-likeness (QED) is 0.503. The number of phenolic OH excluding ortho intramolecular Hbond substituents is 1. The zero-order chi connectivity index (χ0) is 16.1. The molecule has 0 saturated carbocycles. The molecule has 0 saturated heterocycles. The first-order valence-corrected chi connectivity index (χ1v) is 8.52. The molecule has 0 bridgehead atoms. The van der Waals surface area contributed by atoms with Gasteiger partial charge in [-0.3, -0.25) is 0 Å². The third kappa shape index (κ3) is 2.32. The van der Waals surface area contributed by atoms with E-state index >= 15 is 0 Å². The summed E-state index contributed by atoms with van der Waals surface area (Å²) in [4.78, 5) is 0. The topological polar surface area (TPSA) is 32.3 Å². The molecule has 0 aromatic heterocycles. The molecule has 2 nitrogen and oxygen atoms in total. The third-order valence-corrected chi connectivity index (χ3v) is 5.58. The van der Waals surface area contributed by atoms with E-state index in [0.29, 0.717) is 27.6 Å². The minimum absolute atomic E-state index is 0.0555. The number of benzene rings is 2. The largest absolute Gasteiger partial charge is 0.506 e. The fraction of sp³-hybridized carbons (Fsp3) is 0.263. The maximum Gasteiger partial charge on any atom is 0.139 e. The summed E-state index contributed by atoms with van der Waals surface area (Å²) in [6, 6.07) is 9.42. The Morgan fingerprint density at radius 2 is 2.00 bits per heavy atom. The Balaban J connectivity index is 1.86. The number of anilines is 1. The van der Waals surface area contributed by atoms with Gasteiger partial charge in [-0.15, -0.1) is 0 Å². The lowest BCUT2D eigenvalue weighted by Gasteiger charge is -2.39. The van der Waals surface area contributed by atoms with Gasteiger partial charge < -0.3 is 10.4 Å². The zero-order valence-corrected chi connectivity index (χ0v) is 14.2. The van der Waals surface area contributed by atoms with Crippen LogP contribution in [0.2, 0.25) is 10.0 Å². The van der Waals surface area contributed by atoms with E-state index in [2.05, 4.69) is 24.4 Å². The van der Waals surface area contributed by atoms with Crippen LogP contribution >= 0.6 is 23.2 Å². The lowest BCUT2D eigenvalue weighted by atomic mass is 9.75. The van der Waals surface area contributed by atoms with Gasteiger partial charge in [0.15, 0.2) is 0 Å². The summed E-state index contributed by atoms with van der Waals surface area (Å²) in [7, 11) is 0. The first-order valence-electron chi connectivity index (χ1n) is 7.77. The van der Waals surface area contributed by atoms with Gasteiger partial charge in [-0.05, 0) is 54.2 Å². The van der Waals surface area contributed by atoms with Crippen molar-refractivity contribution in [1.29, 1.82) is 0 Å². The minimum atomic E-state index is 0.0555. The third-order valence-electron chi connectivity index (χ3n) is 5.01. The number of halogens is 2. The molecule has 1 heterocycles. The molecule has 2 N–H and O–H groups in total. The van der Waals surface area contributed by atoms with E-state index in [9.17, 15) is 5.11 Å². The first-order chi connectivity index (χ1) is 11.1. The number of rotatable bonds is 1. The van der Waals surface area contributed by atoms with Gasteiger partial charge >= 0.3 is 0 Å². The minimum Gasteiger partial charge on any atom is -0.506 e. The lowest BCUT2D eigenvalue weighted by molar-refractivity contribution is 0.414. The first kappa shape index (κ1) is 14.9. The van der Waals surface area contributed by atoms with Gasteiger partial charge in [0.05, 0.1) is 11.7 Å². The van der Waals surface area contributed by atoms with Crippen LogP contribution in [0.4, 0.5) is 5.69 Å². The molecule has 23 heavy (non-hydrogen) atoms. The van der Waals surface area contributed by atoms with E-state index in [-0.39, 0.29) is 6.04 Å². The second kappa shape index (κ2) is 5.47. The normalized spacial score (nSPS) is 24.9. The highest BCUT2D eigenvalue weighted by molar-refractivity contribution is 6.35. The fourth-order valence-corrected chi connectivity index (χ4v) is 4.47. The summed E-state index contributed by atoms with van der Waals surface area (Å²) >= 11 is 12.5. The summed E-state index contributed by atoms with van der Waals surface area (Å²) in [6.45, 7) is 2.10. The maximum absolute atomic E-state index is 10.3. The second-order valence-electron chi connectivity index (χ2n) is 6.33. The van der Waals surface area contributed by atoms with E-state index in [4.69, 9.17) is 23.2 Å². The highest BCUT2D eigenvalue weighted by atomic mass is 35.5. The smallest absolute Gasteiger partial charge is 0.139 e. The zero-order valence-electron chi connectivity index (χ0n) is 12.7. The van der Waals surface area contributed by atoms with Crippen LogP contribution < -0.4 is 5.32 Å².